The Morgan fingerprint density at radius 1 is 1.50 bits per heavy atom. The lowest BCUT2D eigenvalue weighted by molar-refractivity contribution is -0.136. The molecule has 0 saturated carbocycles. The Kier molecular flexibility index (Phi) is 4.41. The summed E-state index contributed by atoms with van der Waals surface area (Å²) in [7, 11) is 0. The SMILES string of the molecule is CSc1cccc(-n2c(=S)[nH]cc(CC(=O)O)c2=O)c1. The quantitative estimate of drug-likeness (QED) is 0.669. The van der Waals surface area contributed by atoms with E-state index in [1.165, 1.54) is 10.8 Å². The zero-order valence-corrected chi connectivity index (χ0v) is 12.3. The van der Waals surface area contributed by atoms with Crippen LogP contribution in [-0.4, -0.2) is 26.9 Å². The van der Waals surface area contributed by atoms with Gasteiger partial charge in [0.15, 0.2) is 4.77 Å². The highest BCUT2D eigenvalue weighted by Crippen LogP contribution is 2.17. The van der Waals surface area contributed by atoms with Crippen LogP contribution in [0.5, 0.6) is 0 Å². The number of rotatable bonds is 4. The molecule has 1 aromatic heterocycles. The lowest BCUT2D eigenvalue weighted by Crippen LogP contribution is -2.25. The van der Waals surface area contributed by atoms with Crippen molar-refractivity contribution in [3.05, 3.63) is 51.2 Å². The topological polar surface area (TPSA) is 75.1 Å². The van der Waals surface area contributed by atoms with Crippen molar-refractivity contribution < 1.29 is 9.90 Å². The molecule has 0 saturated heterocycles. The van der Waals surface area contributed by atoms with E-state index < -0.39 is 11.5 Å². The fourth-order valence-corrected chi connectivity index (χ4v) is 2.49. The van der Waals surface area contributed by atoms with Crippen molar-refractivity contribution in [1.29, 1.82) is 0 Å². The van der Waals surface area contributed by atoms with Crippen molar-refractivity contribution >= 4 is 29.9 Å². The second-order valence-corrected chi connectivity index (χ2v) is 5.30. The van der Waals surface area contributed by atoms with Gasteiger partial charge in [0.25, 0.3) is 5.56 Å². The van der Waals surface area contributed by atoms with Crippen molar-refractivity contribution in [2.24, 2.45) is 0 Å². The average Bonchev–Trinajstić information content (AvgIpc) is 2.42. The Hall–Kier alpha value is -1.86. The third-order valence-electron chi connectivity index (χ3n) is 2.70. The van der Waals surface area contributed by atoms with E-state index in [2.05, 4.69) is 4.98 Å². The number of hydrogen-bond donors (Lipinski definition) is 2. The van der Waals surface area contributed by atoms with Crippen LogP contribution in [0.25, 0.3) is 5.69 Å². The molecule has 0 aliphatic carbocycles. The van der Waals surface area contributed by atoms with Crippen LogP contribution in [0.4, 0.5) is 0 Å². The van der Waals surface area contributed by atoms with E-state index in [0.717, 1.165) is 4.90 Å². The lowest BCUT2D eigenvalue weighted by atomic mass is 10.2. The molecular formula is C13H12N2O3S2. The number of carboxylic acids is 1. The number of aromatic nitrogens is 2. The summed E-state index contributed by atoms with van der Waals surface area (Å²) in [6.07, 6.45) is 2.95. The van der Waals surface area contributed by atoms with E-state index in [1.807, 2.05) is 24.5 Å². The minimum Gasteiger partial charge on any atom is -0.481 e. The molecule has 5 nitrogen and oxygen atoms in total. The number of hydrogen-bond acceptors (Lipinski definition) is 4. The van der Waals surface area contributed by atoms with Crippen LogP contribution in [0.3, 0.4) is 0 Å². The zero-order chi connectivity index (χ0) is 14.7. The predicted octanol–water partition coefficient (Wildman–Crippen LogP) is 2.24. The molecule has 0 spiro atoms. The molecule has 0 amide bonds. The van der Waals surface area contributed by atoms with Crippen LogP contribution < -0.4 is 5.56 Å². The van der Waals surface area contributed by atoms with Gasteiger partial charge in [-0.1, -0.05) is 6.07 Å². The number of H-pyrrole nitrogens is 1. The first-order valence-corrected chi connectivity index (χ1v) is 7.36. The largest absolute Gasteiger partial charge is 0.481 e. The normalized spacial score (nSPS) is 10.4. The van der Waals surface area contributed by atoms with E-state index in [-0.39, 0.29) is 16.8 Å². The molecule has 0 aliphatic heterocycles. The van der Waals surface area contributed by atoms with Gasteiger partial charge in [-0.25, -0.2) is 0 Å². The Morgan fingerprint density at radius 3 is 2.90 bits per heavy atom. The Labute approximate surface area is 124 Å². The summed E-state index contributed by atoms with van der Waals surface area (Å²) in [6.45, 7) is 0. The van der Waals surface area contributed by atoms with E-state index in [9.17, 15) is 9.59 Å². The van der Waals surface area contributed by atoms with Gasteiger partial charge in [0.05, 0.1) is 12.1 Å². The molecule has 1 heterocycles. The summed E-state index contributed by atoms with van der Waals surface area (Å²) in [5.74, 6) is -1.06. The molecule has 2 rings (SSSR count). The van der Waals surface area contributed by atoms with Crippen molar-refractivity contribution in [1.82, 2.24) is 9.55 Å². The summed E-state index contributed by atoms with van der Waals surface area (Å²) in [4.78, 5) is 26.8. The van der Waals surface area contributed by atoms with Gasteiger partial charge >= 0.3 is 5.97 Å². The monoisotopic (exact) mass is 308 g/mol. The highest BCUT2D eigenvalue weighted by Gasteiger charge is 2.10. The van der Waals surface area contributed by atoms with Crippen LogP contribution in [0.15, 0.2) is 40.2 Å². The second-order valence-electron chi connectivity index (χ2n) is 4.03. The number of thioether (sulfide) groups is 1. The first-order valence-electron chi connectivity index (χ1n) is 5.72. The summed E-state index contributed by atoms with van der Waals surface area (Å²) in [5.41, 5.74) is 0.380. The predicted molar refractivity (Wildman–Crippen MR) is 80.3 cm³/mol. The average molecular weight is 308 g/mol. The molecule has 0 fully saturated rings. The highest BCUT2D eigenvalue weighted by atomic mass is 32.2. The van der Waals surface area contributed by atoms with Gasteiger partial charge in [-0.15, -0.1) is 11.8 Å². The van der Waals surface area contributed by atoms with E-state index in [1.54, 1.807) is 17.8 Å². The standard InChI is InChI=1S/C13H12N2O3S2/c1-20-10-4-2-3-9(6-10)15-12(18)8(5-11(16)17)7-14-13(15)19/h2-4,6-7H,5H2,1H3,(H,14,19)(H,16,17). The van der Waals surface area contributed by atoms with Crippen LogP contribution in [-0.2, 0) is 11.2 Å². The Bertz CT molecular complexity index is 765. The first-order chi connectivity index (χ1) is 9.52. The van der Waals surface area contributed by atoms with Crippen LogP contribution in [0.2, 0.25) is 0 Å². The molecule has 0 aliphatic rings. The van der Waals surface area contributed by atoms with Gasteiger partial charge in [-0.3, -0.25) is 14.2 Å². The number of carboxylic acid groups (broad SMARTS) is 1. The van der Waals surface area contributed by atoms with Gasteiger partial charge < -0.3 is 10.1 Å². The molecule has 0 bridgehead atoms. The van der Waals surface area contributed by atoms with Gasteiger partial charge in [-0.05, 0) is 36.7 Å². The summed E-state index contributed by atoms with van der Waals surface area (Å²) < 4.78 is 1.55. The summed E-state index contributed by atoms with van der Waals surface area (Å²) in [6, 6.07) is 7.34. The number of benzene rings is 1. The van der Waals surface area contributed by atoms with Crippen molar-refractivity contribution in [3.63, 3.8) is 0 Å². The number of aliphatic carboxylic acids is 1. The maximum absolute atomic E-state index is 12.3. The Balaban J connectivity index is 2.63. The van der Waals surface area contributed by atoms with E-state index in [0.29, 0.717) is 5.69 Å². The molecule has 2 N–H and O–H groups in total. The molecular weight excluding hydrogens is 296 g/mol. The number of aromatic amines is 1. The molecule has 20 heavy (non-hydrogen) atoms. The van der Waals surface area contributed by atoms with Gasteiger partial charge in [0, 0.05) is 16.7 Å². The van der Waals surface area contributed by atoms with Crippen LogP contribution in [0, 0.1) is 4.77 Å². The minimum absolute atomic E-state index is 0.167. The zero-order valence-electron chi connectivity index (χ0n) is 10.6. The maximum atomic E-state index is 12.3. The van der Waals surface area contributed by atoms with E-state index >= 15 is 0 Å². The molecule has 1 aromatic carbocycles. The molecule has 0 atom stereocenters. The molecule has 0 radical (unpaired) electrons. The second kappa shape index (κ2) is 6.06. The number of carbonyl (C=O) groups is 1. The van der Waals surface area contributed by atoms with Crippen molar-refractivity contribution in [2.45, 2.75) is 11.3 Å². The molecule has 7 heteroatoms. The van der Waals surface area contributed by atoms with Gasteiger partial charge in [0.1, 0.15) is 0 Å². The van der Waals surface area contributed by atoms with Gasteiger partial charge in [-0.2, -0.15) is 0 Å². The van der Waals surface area contributed by atoms with Gasteiger partial charge in [0.2, 0.25) is 0 Å². The fourth-order valence-electron chi connectivity index (χ4n) is 1.78. The third-order valence-corrected chi connectivity index (χ3v) is 3.73. The van der Waals surface area contributed by atoms with Crippen LogP contribution in [0.1, 0.15) is 5.56 Å². The number of nitrogens with one attached hydrogen (secondary N) is 1. The molecule has 2 aromatic rings. The summed E-state index contributed by atoms with van der Waals surface area (Å²) in [5, 5.41) is 8.81. The fraction of sp³-hybridized carbons (Fsp3) is 0.154. The maximum Gasteiger partial charge on any atom is 0.308 e. The van der Waals surface area contributed by atoms with E-state index in [4.69, 9.17) is 17.3 Å². The summed E-state index contributed by atoms with van der Waals surface area (Å²) >= 11 is 6.68. The number of nitrogens with zero attached hydrogens (tertiary/aromatic N) is 1. The Morgan fingerprint density at radius 2 is 2.25 bits per heavy atom. The highest BCUT2D eigenvalue weighted by molar-refractivity contribution is 7.98. The first kappa shape index (κ1) is 14.5. The lowest BCUT2D eigenvalue weighted by Gasteiger charge is -2.08. The van der Waals surface area contributed by atoms with Crippen LogP contribution >= 0.6 is 24.0 Å². The smallest absolute Gasteiger partial charge is 0.308 e. The van der Waals surface area contributed by atoms with Crippen molar-refractivity contribution in [3.8, 4) is 5.69 Å². The minimum atomic E-state index is -1.06. The molecule has 0 unspecified atom stereocenters. The van der Waals surface area contributed by atoms with Crippen molar-refractivity contribution in [2.75, 3.05) is 6.26 Å². The molecule has 104 valence electrons. The third kappa shape index (κ3) is 3.00.